The SMILES string of the molecule is Cc1cccc(NCCc2ccc(S(=O)(=O)N3CCCCC3)s2)n1. The Hall–Kier alpha value is -1.44. The van der Waals surface area contributed by atoms with Gasteiger partial charge in [0, 0.05) is 30.2 Å². The van der Waals surface area contributed by atoms with Gasteiger partial charge in [-0.2, -0.15) is 4.31 Å². The Labute approximate surface area is 147 Å². The molecular formula is C17H23N3O2S2. The number of sulfonamides is 1. The Bertz CT molecular complexity index is 781. The number of pyridine rings is 1. The van der Waals surface area contributed by atoms with Gasteiger partial charge in [0.05, 0.1) is 0 Å². The highest BCUT2D eigenvalue weighted by Gasteiger charge is 2.27. The van der Waals surface area contributed by atoms with Gasteiger partial charge in [0.1, 0.15) is 10.0 Å². The average Bonchev–Trinajstić information content (AvgIpc) is 3.05. The number of piperidine rings is 1. The average molecular weight is 366 g/mol. The first-order valence-corrected chi connectivity index (χ1v) is 10.6. The number of rotatable bonds is 6. The van der Waals surface area contributed by atoms with Crippen molar-refractivity contribution in [1.29, 1.82) is 0 Å². The van der Waals surface area contributed by atoms with Gasteiger partial charge in [-0.15, -0.1) is 11.3 Å². The van der Waals surface area contributed by atoms with Crippen molar-refractivity contribution in [1.82, 2.24) is 9.29 Å². The molecule has 0 saturated carbocycles. The molecule has 0 amide bonds. The number of nitrogens with one attached hydrogen (secondary N) is 1. The zero-order valence-corrected chi connectivity index (χ0v) is 15.5. The van der Waals surface area contributed by atoms with E-state index in [9.17, 15) is 8.42 Å². The second-order valence-corrected chi connectivity index (χ2v) is 9.36. The third kappa shape index (κ3) is 4.15. The molecule has 0 radical (unpaired) electrons. The van der Waals surface area contributed by atoms with Crippen LogP contribution in [-0.2, 0) is 16.4 Å². The van der Waals surface area contributed by atoms with E-state index in [1.807, 2.05) is 31.2 Å². The quantitative estimate of drug-likeness (QED) is 0.853. The molecule has 1 aliphatic rings. The van der Waals surface area contributed by atoms with Crippen LogP contribution in [0.25, 0.3) is 0 Å². The lowest BCUT2D eigenvalue weighted by atomic mass is 10.2. The van der Waals surface area contributed by atoms with Crippen molar-refractivity contribution in [3.63, 3.8) is 0 Å². The molecule has 7 heteroatoms. The van der Waals surface area contributed by atoms with Crippen LogP contribution in [0, 0.1) is 6.92 Å². The van der Waals surface area contributed by atoms with E-state index in [2.05, 4.69) is 10.3 Å². The molecule has 0 bridgehead atoms. The Morgan fingerprint density at radius 1 is 1.17 bits per heavy atom. The van der Waals surface area contributed by atoms with E-state index < -0.39 is 10.0 Å². The van der Waals surface area contributed by atoms with Gasteiger partial charge >= 0.3 is 0 Å². The highest BCUT2D eigenvalue weighted by Crippen LogP contribution is 2.27. The van der Waals surface area contributed by atoms with Gasteiger partial charge in [-0.1, -0.05) is 12.5 Å². The second-order valence-electron chi connectivity index (χ2n) is 6.03. The number of thiophene rings is 1. The molecular weight excluding hydrogens is 342 g/mol. The molecule has 3 rings (SSSR count). The predicted octanol–water partition coefficient (Wildman–Crippen LogP) is 3.28. The number of aromatic nitrogens is 1. The fourth-order valence-corrected chi connectivity index (χ4v) is 5.85. The summed E-state index contributed by atoms with van der Waals surface area (Å²) in [4.78, 5) is 5.47. The van der Waals surface area contributed by atoms with E-state index in [0.717, 1.165) is 48.6 Å². The second kappa shape index (κ2) is 7.63. The van der Waals surface area contributed by atoms with Crippen LogP contribution in [0.3, 0.4) is 0 Å². The summed E-state index contributed by atoms with van der Waals surface area (Å²) in [6.07, 6.45) is 3.84. The molecule has 5 nitrogen and oxygen atoms in total. The van der Waals surface area contributed by atoms with Gasteiger partial charge in [0.25, 0.3) is 10.0 Å². The molecule has 0 spiro atoms. The molecule has 0 atom stereocenters. The Morgan fingerprint density at radius 2 is 1.96 bits per heavy atom. The van der Waals surface area contributed by atoms with E-state index in [-0.39, 0.29) is 0 Å². The molecule has 1 aliphatic heterocycles. The lowest BCUT2D eigenvalue weighted by Crippen LogP contribution is -2.35. The summed E-state index contributed by atoms with van der Waals surface area (Å²) >= 11 is 1.38. The number of anilines is 1. The Balaban J connectivity index is 1.59. The van der Waals surface area contributed by atoms with E-state index >= 15 is 0 Å². The standard InChI is InChI=1S/C17H23N3O2S2/c1-14-6-5-7-16(19-14)18-11-10-15-8-9-17(23-15)24(21,22)20-12-3-2-4-13-20/h5-9H,2-4,10-13H2,1H3,(H,18,19). The molecule has 2 aromatic heterocycles. The first kappa shape index (κ1) is 17.4. The highest BCUT2D eigenvalue weighted by atomic mass is 32.2. The third-order valence-corrected chi connectivity index (χ3v) is 7.62. The van der Waals surface area contributed by atoms with Crippen LogP contribution in [0.5, 0.6) is 0 Å². The maximum absolute atomic E-state index is 12.6. The summed E-state index contributed by atoms with van der Waals surface area (Å²) in [5, 5.41) is 3.28. The van der Waals surface area contributed by atoms with Gasteiger partial charge in [-0.05, 0) is 50.5 Å². The zero-order chi connectivity index (χ0) is 17.0. The van der Waals surface area contributed by atoms with Crippen molar-refractivity contribution in [3.8, 4) is 0 Å². The van der Waals surface area contributed by atoms with Crippen molar-refractivity contribution in [2.45, 2.75) is 36.8 Å². The maximum Gasteiger partial charge on any atom is 0.252 e. The molecule has 1 saturated heterocycles. The fourth-order valence-electron chi connectivity index (χ4n) is 2.82. The first-order chi connectivity index (χ1) is 11.6. The topological polar surface area (TPSA) is 62.3 Å². The molecule has 1 fully saturated rings. The fraction of sp³-hybridized carbons (Fsp3) is 0.471. The van der Waals surface area contributed by atoms with Gasteiger partial charge in [-0.25, -0.2) is 13.4 Å². The van der Waals surface area contributed by atoms with E-state index in [1.54, 1.807) is 10.4 Å². The Morgan fingerprint density at radius 3 is 2.71 bits per heavy atom. The van der Waals surface area contributed by atoms with Crippen molar-refractivity contribution < 1.29 is 8.42 Å². The van der Waals surface area contributed by atoms with Gasteiger partial charge in [0.15, 0.2) is 0 Å². The van der Waals surface area contributed by atoms with Crippen molar-refractivity contribution in [3.05, 3.63) is 40.9 Å². The lowest BCUT2D eigenvalue weighted by molar-refractivity contribution is 0.347. The van der Waals surface area contributed by atoms with Crippen LogP contribution in [0.15, 0.2) is 34.5 Å². The van der Waals surface area contributed by atoms with Crippen molar-refractivity contribution in [2.75, 3.05) is 25.0 Å². The molecule has 2 aromatic rings. The van der Waals surface area contributed by atoms with Crippen molar-refractivity contribution in [2.24, 2.45) is 0 Å². The van der Waals surface area contributed by atoms with Crippen LogP contribution in [0.1, 0.15) is 29.8 Å². The van der Waals surface area contributed by atoms with E-state index in [4.69, 9.17) is 0 Å². The van der Waals surface area contributed by atoms with Crippen LogP contribution >= 0.6 is 11.3 Å². The molecule has 0 unspecified atom stereocenters. The minimum atomic E-state index is -3.30. The lowest BCUT2D eigenvalue weighted by Gasteiger charge is -2.25. The predicted molar refractivity (Wildman–Crippen MR) is 98.1 cm³/mol. The summed E-state index contributed by atoms with van der Waals surface area (Å²) in [7, 11) is -3.30. The highest BCUT2D eigenvalue weighted by molar-refractivity contribution is 7.91. The molecule has 1 N–H and O–H groups in total. The normalized spacial score (nSPS) is 16.2. The largest absolute Gasteiger partial charge is 0.370 e. The van der Waals surface area contributed by atoms with Crippen LogP contribution < -0.4 is 5.32 Å². The van der Waals surface area contributed by atoms with Crippen molar-refractivity contribution >= 4 is 27.2 Å². The minimum Gasteiger partial charge on any atom is -0.370 e. The van der Waals surface area contributed by atoms with E-state index in [1.165, 1.54) is 11.3 Å². The minimum absolute atomic E-state index is 0.466. The maximum atomic E-state index is 12.6. The van der Waals surface area contributed by atoms with Gasteiger partial charge in [-0.3, -0.25) is 0 Å². The first-order valence-electron chi connectivity index (χ1n) is 8.32. The third-order valence-electron chi connectivity index (χ3n) is 4.11. The molecule has 0 aromatic carbocycles. The number of hydrogen-bond donors (Lipinski definition) is 1. The van der Waals surface area contributed by atoms with Gasteiger partial charge < -0.3 is 5.32 Å². The molecule has 0 aliphatic carbocycles. The van der Waals surface area contributed by atoms with Crippen LogP contribution in [0.2, 0.25) is 0 Å². The van der Waals surface area contributed by atoms with Gasteiger partial charge in [0.2, 0.25) is 0 Å². The molecule has 130 valence electrons. The smallest absolute Gasteiger partial charge is 0.252 e. The number of aryl methyl sites for hydroxylation is 1. The zero-order valence-electron chi connectivity index (χ0n) is 13.9. The summed E-state index contributed by atoms with van der Waals surface area (Å²) < 4.78 is 27.4. The molecule has 24 heavy (non-hydrogen) atoms. The number of hydrogen-bond acceptors (Lipinski definition) is 5. The molecule has 3 heterocycles. The summed E-state index contributed by atoms with van der Waals surface area (Å²) in [6.45, 7) is 3.99. The Kier molecular flexibility index (Phi) is 5.53. The van der Waals surface area contributed by atoms with Crippen LogP contribution in [0.4, 0.5) is 5.82 Å². The van der Waals surface area contributed by atoms with E-state index in [0.29, 0.717) is 17.3 Å². The number of nitrogens with zero attached hydrogens (tertiary/aromatic N) is 2. The summed E-state index contributed by atoms with van der Waals surface area (Å²) in [6, 6.07) is 9.54. The summed E-state index contributed by atoms with van der Waals surface area (Å²) in [5.74, 6) is 0.854. The van der Waals surface area contributed by atoms with Crippen LogP contribution in [-0.4, -0.2) is 37.3 Å². The summed E-state index contributed by atoms with van der Waals surface area (Å²) in [5.41, 5.74) is 0.978. The monoisotopic (exact) mass is 365 g/mol.